The molecular formula is C8H16N2O. The van der Waals surface area contributed by atoms with Crippen molar-refractivity contribution in [2.75, 3.05) is 6.54 Å². The fourth-order valence-corrected chi connectivity index (χ4v) is 1.72. The molecule has 0 radical (unpaired) electrons. The van der Waals surface area contributed by atoms with Gasteiger partial charge in [-0.3, -0.25) is 4.79 Å². The summed E-state index contributed by atoms with van der Waals surface area (Å²) in [7, 11) is 0. The first-order chi connectivity index (χ1) is 5.25. The quantitative estimate of drug-likeness (QED) is 0.602. The summed E-state index contributed by atoms with van der Waals surface area (Å²) in [5, 5.41) is 3.30. The highest BCUT2D eigenvalue weighted by molar-refractivity contribution is 5.77. The van der Waals surface area contributed by atoms with E-state index in [9.17, 15) is 4.79 Å². The van der Waals surface area contributed by atoms with Gasteiger partial charge in [0.15, 0.2) is 0 Å². The van der Waals surface area contributed by atoms with Crippen LogP contribution in [0.15, 0.2) is 0 Å². The standard InChI is InChI=1S/C8H16N2O/c1-2-7-6(8(9)11)4-3-5-10-7/h6-7,10H,2-5H2,1H3,(H2,9,11). The molecule has 3 N–H and O–H groups in total. The average Bonchev–Trinajstić information content (AvgIpc) is 2.04. The smallest absolute Gasteiger partial charge is 0.222 e. The zero-order chi connectivity index (χ0) is 8.27. The van der Waals surface area contributed by atoms with E-state index in [-0.39, 0.29) is 11.8 Å². The molecule has 1 fully saturated rings. The molecule has 3 heteroatoms. The van der Waals surface area contributed by atoms with Crippen LogP contribution in [0.25, 0.3) is 0 Å². The first-order valence-electron chi connectivity index (χ1n) is 4.28. The highest BCUT2D eigenvalue weighted by atomic mass is 16.1. The molecule has 0 aromatic rings. The summed E-state index contributed by atoms with van der Waals surface area (Å²) in [5.41, 5.74) is 5.25. The minimum absolute atomic E-state index is 0.0637. The maximum absolute atomic E-state index is 10.9. The third-order valence-corrected chi connectivity index (χ3v) is 2.39. The lowest BCUT2D eigenvalue weighted by atomic mass is 9.89. The largest absolute Gasteiger partial charge is 0.369 e. The molecular weight excluding hydrogens is 140 g/mol. The average molecular weight is 156 g/mol. The Kier molecular flexibility index (Phi) is 2.88. The van der Waals surface area contributed by atoms with Gasteiger partial charge >= 0.3 is 0 Å². The fourth-order valence-electron chi connectivity index (χ4n) is 1.72. The molecule has 0 aliphatic carbocycles. The summed E-state index contributed by atoms with van der Waals surface area (Å²) in [4.78, 5) is 10.9. The lowest BCUT2D eigenvalue weighted by molar-refractivity contribution is -0.123. The molecule has 1 saturated heterocycles. The third-order valence-electron chi connectivity index (χ3n) is 2.39. The summed E-state index contributed by atoms with van der Waals surface area (Å²) in [6.45, 7) is 3.11. The number of hydrogen-bond donors (Lipinski definition) is 2. The van der Waals surface area contributed by atoms with Crippen LogP contribution in [0.2, 0.25) is 0 Å². The van der Waals surface area contributed by atoms with Crippen molar-refractivity contribution >= 4 is 5.91 Å². The Morgan fingerprint density at radius 2 is 2.45 bits per heavy atom. The van der Waals surface area contributed by atoms with Gasteiger partial charge in [-0.15, -0.1) is 0 Å². The van der Waals surface area contributed by atoms with Crippen LogP contribution in [0.1, 0.15) is 26.2 Å². The Morgan fingerprint density at radius 3 is 2.91 bits per heavy atom. The van der Waals surface area contributed by atoms with Crippen molar-refractivity contribution in [2.24, 2.45) is 11.7 Å². The fraction of sp³-hybridized carbons (Fsp3) is 0.875. The van der Waals surface area contributed by atoms with Crippen molar-refractivity contribution in [3.8, 4) is 0 Å². The van der Waals surface area contributed by atoms with E-state index in [1.54, 1.807) is 0 Å². The van der Waals surface area contributed by atoms with Gasteiger partial charge in [0.2, 0.25) is 5.91 Å². The predicted octanol–water partition coefficient (Wildman–Crippen LogP) is 0.250. The maximum atomic E-state index is 10.9. The van der Waals surface area contributed by atoms with Crippen LogP contribution in [-0.4, -0.2) is 18.5 Å². The summed E-state index contributed by atoms with van der Waals surface area (Å²) >= 11 is 0. The van der Waals surface area contributed by atoms with Crippen LogP contribution < -0.4 is 11.1 Å². The van der Waals surface area contributed by atoms with Gasteiger partial charge in [-0.05, 0) is 25.8 Å². The van der Waals surface area contributed by atoms with Crippen molar-refractivity contribution in [2.45, 2.75) is 32.2 Å². The number of primary amides is 1. The van der Waals surface area contributed by atoms with Crippen LogP contribution in [0, 0.1) is 5.92 Å². The van der Waals surface area contributed by atoms with Crippen molar-refractivity contribution in [1.82, 2.24) is 5.32 Å². The van der Waals surface area contributed by atoms with Crippen LogP contribution in [0.5, 0.6) is 0 Å². The minimum atomic E-state index is -0.149. The zero-order valence-electron chi connectivity index (χ0n) is 6.97. The SMILES string of the molecule is CCC1NCCCC1C(N)=O. The normalized spacial score (nSPS) is 31.7. The predicted molar refractivity (Wildman–Crippen MR) is 44.0 cm³/mol. The Bertz CT molecular complexity index is 147. The van der Waals surface area contributed by atoms with Gasteiger partial charge in [-0.2, -0.15) is 0 Å². The molecule has 0 aromatic heterocycles. The van der Waals surface area contributed by atoms with Gasteiger partial charge in [-0.25, -0.2) is 0 Å². The van der Waals surface area contributed by atoms with Gasteiger partial charge in [-0.1, -0.05) is 6.92 Å². The Morgan fingerprint density at radius 1 is 1.73 bits per heavy atom. The van der Waals surface area contributed by atoms with E-state index in [1.165, 1.54) is 0 Å². The lowest BCUT2D eigenvalue weighted by Gasteiger charge is -2.29. The van der Waals surface area contributed by atoms with Gasteiger partial charge in [0.25, 0.3) is 0 Å². The van der Waals surface area contributed by atoms with Gasteiger partial charge in [0.05, 0.1) is 5.92 Å². The summed E-state index contributed by atoms with van der Waals surface area (Å²) in [6, 6.07) is 0.321. The van der Waals surface area contributed by atoms with E-state index in [0.717, 1.165) is 25.8 Å². The van der Waals surface area contributed by atoms with Crippen LogP contribution in [-0.2, 0) is 4.79 Å². The second-order valence-corrected chi connectivity index (χ2v) is 3.12. The monoisotopic (exact) mass is 156 g/mol. The lowest BCUT2D eigenvalue weighted by Crippen LogP contribution is -2.46. The molecule has 1 aliphatic heterocycles. The zero-order valence-corrected chi connectivity index (χ0v) is 6.97. The molecule has 1 aliphatic rings. The molecule has 2 atom stereocenters. The molecule has 11 heavy (non-hydrogen) atoms. The molecule has 0 aromatic carbocycles. The highest BCUT2D eigenvalue weighted by Crippen LogP contribution is 2.17. The number of nitrogens with one attached hydrogen (secondary N) is 1. The number of piperidine rings is 1. The topological polar surface area (TPSA) is 55.1 Å². The first kappa shape index (κ1) is 8.53. The van der Waals surface area contributed by atoms with E-state index in [2.05, 4.69) is 12.2 Å². The second kappa shape index (κ2) is 3.72. The van der Waals surface area contributed by atoms with Gasteiger partial charge in [0.1, 0.15) is 0 Å². The molecule has 64 valence electrons. The number of hydrogen-bond acceptors (Lipinski definition) is 2. The number of rotatable bonds is 2. The number of carbonyl (C=O) groups excluding carboxylic acids is 1. The summed E-state index contributed by atoms with van der Waals surface area (Å²) in [5.74, 6) is -0.0854. The highest BCUT2D eigenvalue weighted by Gasteiger charge is 2.27. The molecule has 1 heterocycles. The molecule has 1 amide bonds. The molecule has 1 rings (SSSR count). The van der Waals surface area contributed by atoms with E-state index in [4.69, 9.17) is 5.73 Å². The van der Waals surface area contributed by atoms with Crippen molar-refractivity contribution in [1.29, 1.82) is 0 Å². The number of carbonyl (C=O) groups is 1. The van der Waals surface area contributed by atoms with E-state index in [0.29, 0.717) is 6.04 Å². The van der Waals surface area contributed by atoms with Crippen molar-refractivity contribution in [3.05, 3.63) is 0 Å². The van der Waals surface area contributed by atoms with E-state index < -0.39 is 0 Å². The first-order valence-corrected chi connectivity index (χ1v) is 4.28. The number of amides is 1. The third kappa shape index (κ3) is 1.93. The summed E-state index contributed by atoms with van der Waals surface area (Å²) < 4.78 is 0. The minimum Gasteiger partial charge on any atom is -0.369 e. The van der Waals surface area contributed by atoms with Crippen molar-refractivity contribution < 1.29 is 4.79 Å². The molecule has 2 unspecified atom stereocenters. The maximum Gasteiger partial charge on any atom is 0.222 e. The second-order valence-electron chi connectivity index (χ2n) is 3.12. The van der Waals surface area contributed by atoms with Crippen LogP contribution >= 0.6 is 0 Å². The molecule has 3 nitrogen and oxygen atoms in total. The van der Waals surface area contributed by atoms with Crippen molar-refractivity contribution in [3.63, 3.8) is 0 Å². The Hall–Kier alpha value is -0.570. The Balaban J connectivity index is 2.51. The van der Waals surface area contributed by atoms with E-state index in [1.807, 2.05) is 0 Å². The molecule has 0 spiro atoms. The molecule has 0 saturated carbocycles. The summed E-state index contributed by atoms with van der Waals surface area (Å²) in [6.07, 6.45) is 3.03. The van der Waals surface area contributed by atoms with Gasteiger partial charge < -0.3 is 11.1 Å². The van der Waals surface area contributed by atoms with Crippen LogP contribution in [0.4, 0.5) is 0 Å². The Labute approximate surface area is 67.3 Å². The van der Waals surface area contributed by atoms with Crippen LogP contribution in [0.3, 0.4) is 0 Å². The van der Waals surface area contributed by atoms with Gasteiger partial charge in [0, 0.05) is 6.04 Å². The molecule has 0 bridgehead atoms. The van der Waals surface area contributed by atoms with E-state index >= 15 is 0 Å². The number of nitrogens with two attached hydrogens (primary N) is 1.